The SMILES string of the molecule is C#CC1(c2ccc(OC)nc2)CC1. The maximum absolute atomic E-state index is 5.46. The third-order valence-electron chi connectivity index (χ3n) is 2.52. The van der Waals surface area contributed by atoms with Crippen molar-refractivity contribution in [1.82, 2.24) is 4.98 Å². The Balaban J connectivity index is 2.29. The van der Waals surface area contributed by atoms with E-state index in [0.29, 0.717) is 5.88 Å². The highest BCUT2D eigenvalue weighted by atomic mass is 16.5. The first kappa shape index (κ1) is 8.12. The van der Waals surface area contributed by atoms with Gasteiger partial charge in [0.05, 0.1) is 12.5 Å². The molecule has 0 saturated heterocycles. The van der Waals surface area contributed by atoms with E-state index in [0.717, 1.165) is 18.4 Å². The lowest BCUT2D eigenvalue weighted by Gasteiger charge is -2.07. The minimum atomic E-state index is -0.0146. The highest BCUT2D eigenvalue weighted by molar-refractivity contribution is 5.39. The highest BCUT2D eigenvalue weighted by Crippen LogP contribution is 2.47. The largest absolute Gasteiger partial charge is 0.481 e. The molecule has 1 saturated carbocycles. The second-order valence-corrected chi connectivity index (χ2v) is 3.32. The zero-order chi connectivity index (χ0) is 9.31. The molecule has 1 heterocycles. The average molecular weight is 173 g/mol. The van der Waals surface area contributed by atoms with Gasteiger partial charge in [0.2, 0.25) is 5.88 Å². The summed E-state index contributed by atoms with van der Waals surface area (Å²) >= 11 is 0. The molecular formula is C11H11NO. The van der Waals surface area contributed by atoms with Gasteiger partial charge in [0.15, 0.2) is 0 Å². The number of methoxy groups -OCH3 is 1. The minimum Gasteiger partial charge on any atom is -0.481 e. The van der Waals surface area contributed by atoms with Gasteiger partial charge in [-0.2, -0.15) is 0 Å². The molecule has 0 radical (unpaired) electrons. The van der Waals surface area contributed by atoms with Crippen molar-refractivity contribution in [2.75, 3.05) is 7.11 Å². The van der Waals surface area contributed by atoms with Crippen LogP contribution in [0.25, 0.3) is 0 Å². The summed E-state index contributed by atoms with van der Waals surface area (Å²) in [4.78, 5) is 4.13. The average Bonchev–Trinajstić information content (AvgIpc) is 2.99. The Labute approximate surface area is 77.9 Å². The topological polar surface area (TPSA) is 22.1 Å². The van der Waals surface area contributed by atoms with Crippen molar-refractivity contribution >= 4 is 0 Å². The van der Waals surface area contributed by atoms with Gasteiger partial charge >= 0.3 is 0 Å². The van der Waals surface area contributed by atoms with Gasteiger partial charge in [-0.3, -0.25) is 0 Å². The van der Waals surface area contributed by atoms with Crippen LogP contribution in [0, 0.1) is 12.3 Å². The van der Waals surface area contributed by atoms with Crippen molar-refractivity contribution in [2.24, 2.45) is 0 Å². The van der Waals surface area contributed by atoms with Gasteiger partial charge in [0.25, 0.3) is 0 Å². The molecule has 66 valence electrons. The first-order valence-corrected chi connectivity index (χ1v) is 4.29. The van der Waals surface area contributed by atoms with Crippen LogP contribution in [-0.4, -0.2) is 12.1 Å². The second-order valence-electron chi connectivity index (χ2n) is 3.32. The predicted octanol–water partition coefficient (Wildman–Crippen LogP) is 1.75. The number of rotatable bonds is 2. The Morgan fingerprint density at radius 3 is 2.69 bits per heavy atom. The van der Waals surface area contributed by atoms with Gasteiger partial charge in [-0.05, 0) is 18.4 Å². The molecule has 2 heteroatoms. The minimum absolute atomic E-state index is 0.0146. The van der Waals surface area contributed by atoms with Crippen LogP contribution in [0.3, 0.4) is 0 Å². The van der Waals surface area contributed by atoms with Crippen LogP contribution in [0.1, 0.15) is 18.4 Å². The molecule has 0 aromatic carbocycles. The van der Waals surface area contributed by atoms with Crippen LogP contribution in [0.5, 0.6) is 5.88 Å². The molecule has 1 aliphatic carbocycles. The van der Waals surface area contributed by atoms with E-state index in [1.807, 2.05) is 18.3 Å². The van der Waals surface area contributed by atoms with Gasteiger partial charge in [0.1, 0.15) is 0 Å². The van der Waals surface area contributed by atoms with E-state index in [9.17, 15) is 0 Å². The maximum Gasteiger partial charge on any atom is 0.212 e. The lowest BCUT2D eigenvalue weighted by molar-refractivity contribution is 0.397. The molecule has 1 aromatic heterocycles. The normalized spacial score (nSPS) is 17.5. The van der Waals surface area contributed by atoms with Crippen molar-refractivity contribution in [3.8, 4) is 18.2 Å². The Morgan fingerprint density at radius 2 is 2.31 bits per heavy atom. The molecule has 0 bridgehead atoms. The molecule has 0 spiro atoms. The molecule has 1 aromatic rings. The maximum atomic E-state index is 5.46. The fourth-order valence-corrected chi connectivity index (χ4v) is 1.43. The summed E-state index contributed by atoms with van der Waals surface area (Å²) in [7, 11) is 1.61. The van der Waals surface area contributed by atoms with Crippen molar-refractivity contribution in [2.45, 2.75) is 18.3 Å². The Kier molecular flexibility index (Phi) is 1.73. The molecule has 2 rings (SSSR count). The second kappa shape index (κ2) is 2.77. The highest BCUT2D eigenvalue weighted by Gasteiger charge is 2.42. The van der Waals surface area contributed by atoms with Crippen LogP contribution in [0.2, 0.25) is 0 Å². The van der Waals surface area contributed by atoms with Gasteiger partial charge < -0.3 is 4.74 Å². The fraction of sp³-hybridized carbons (Fsp3) is 0.364. The summed E-state index contributed by atoms with van der Waals surface area (Å²) in [6, 6.07) is 3.85. The molecular weight excluding hydrogens is 162 g/mol. The molecule has 0 N–H and O–H groups in total. The Morgan fingerprint density at radius 1 is 1.54 bits per heavy atom. The van der Waals surface area contributed by atoms with E-state index in [2.05, 4.69) is 10.9 Å². The molecule has 1 aliphatic rings. The zero-order valence-electron chi connectivity index (χ0n) is 7.58. The summed E-state index contributed by atoms with van der Waals surface area (Å²) in [6.07, 6.45) is 9.44. The molecule has 2 nitrogen and oxygen atoms in total. The summed E-state index contributed by atoms with van der Waals surface area (Å²) in [5.74, 6) is 3.46. The van der Waals surface area contributed by atoms with Crippen LogP contribution in [0.4, 0.5) is 0 Å². The van der Waals surface area contributed by atoms with Crippen LogP contribution >= 0.6 is 0 Å². The molecule has 0 amide bonds. The molecule has 13 heavy (non-hydrogen) atoms. The van der Waals surface area contributed by atoms with E-state index >= 15 is 0 Å². The lowest BCUT2D eigenvalue weighted by atomic mass is 9.99. The van der Waals surface area contributed by atoms with Gasteiger partial charge in [0, 0.05) is 12.3 Å². The smallest absolute Gasteiger partial charge is 0.212 e. The summed E-state index contributed by atoms with van der Waals surface area (Å²) in [5, 5.41) is 0. The first-order valence-electron chi connectivity index (χ1n) is 4.29. The summed E-state index contributed by atoms with van der Waals surface area (Å²) < 4.78 is 4.97. The monoisotopic (exact) mass is 173 g/mol. The van der Waals surface area contributed by atoms with E-state index in [4.69, 9.17) is 11.2 Å². The fourth-order valence-electron chi connectivity index (χ4n) is 1.43. The third-order valence-corrected chi connectivity index (χ3v) is 2.52. The lowest BCUT2D eigenvalue weighted by Crippen LogP contribution is -2.02. The quantitative estimate of drug-likeness (QED) is 0.636. The van der Waals surface area contributed by atoms with E-state index in [-0.39, 0.29) is 5.41 Å². The number of pyridine rings is 1. The molecule has 1 fully saturated rings. The van der Waals surface area contributed by atoms with Crippen molar-refractivity contribution in [1.29, 1.82) is 0 Å². The van der Waals surface area contributed by atoms with Gasteiger partial charge in [-0.15, -0.1) is 6.42 Å². The number of hydrogen-bond acceptors (Lipinski definition) is 2. The summed E-state index contributed by atoms with van der Waals surface area (Å²) in [6.45, 7) is 0. The van der Waals surface area contributed by atoms with Crippen molar-refractivity contribution in [3.63, 3.8) is 0 Å². The van der Waals surface area contributed by atoms with Crippen LogP contribution < -0.4 is 4.74 Å². The van der Waals surface area contributed by atoms with E-state index < -0.39 is 0 Å². The predicted molar refractivity (Wildman–Crippen MR) is 50.5 cm³/mol. The van der Waals surface area contributed by atoms with E-state index in [1.165, 1.54) is 0 Å². The Hall–Kier alpha value is -1.49. The number of nitrogens with zero attached hydrogens (tertiary/aromatic N) is 1. The number of terminal acetylenes is 1. The third kappa shape index (κ3) is 1.27. The van der Waals surface area contributed by atoms with Gasteiger partial charge in [-0.1, -0.05) is 12.0 Å². The number of ether oxygens (including phenoxy) is 1. The number of hydrogen-bond donors (Lipinski definition) is 0. The van der Waals surface area contributed by atoms with Crippen LogP contribution in [-0.2, 0) is 5.41 Å². The summed E-state index contributed by atoms with van der Waals surface area (Å²) in [5.41, 5.74) is 1.12. The van der Waals surface area contributed by atoms with Gasteiger partial charge in [-0.25, -0.2) is 4.98 Å². The number of aromatic nitrogens is 1. The van der Waals surface area contributed by atoms with E-state index in [1.54, 1.807) is 7.11 Å². The van der Waals surface area contributed by atoms with Crippen LogP contribution in [0.15, 0.2) is 18.3 Å². The van der Waals surface area contributed by atoms with Crippen molar-refractivity contribution < 1.29 is 4.74 Å². The molecule has 0 unspecified atom stereocenters. The zero-order valence-corrected chi connectivity index (χ0v) is 7.58. The standard InChI is InChI=1S/C11H11NO/c1-3-11(6-7-11)9-4-5-10(13-2)12-8-9/h1,4-5,8H,6-7H2,2H3. The first-order chi connectivity index (χ1) is 6.30. The Bertz CT molecular complexity index is 343. The molecule has 0 aliphatic heterocycles. The van der Waals surface area contributed by atoms with Crippen molar-refractivity contribution in [3.05, 3.63) is 23.9 Å². The molecule has 0 atom stereocenters.